The van der Waals surface area contributed by atoms with E-state index in [9.17, 15) is 18.3 Å². The van der Waals surface area contributed by atoms with Gasteiger partial charge in [0, 0.05) is 17.8 Å². The minimum atomic E-state index is -3.58. The first-order chi connectivity index (χ1) is 11.7. The molecule has 9 nitrogen and oxygen atoms in total. The number of phenols is 1. The Kier molecular flexibility index (Phi) is 5.35. The molecule has 1 amide bonds. The van der Waals surface area contributed by atoms with E-state index < -0.39 is 20.9 Å². The number of aromatic nitrogens is 2. The summed E-state index contributed by atoms with van der Waals surface area (Å²) in [5, 5.41) is 20.6. The maximum atomic E-state index is 12.1. The molecule has 1 aromatic carbocycles. The van der Waals surface area contributed by atoms with Crippen molar-refractivity contribution in [3.05, 3.63) is 29.3 Å². The number of phenolic OH excluding ortho intramolecular Hbond substituents is 1. The summed E-state index contributed by atoms with van der Waals surface area (Å²) < 4.78 is 31.2. The largest absolute Gasteiger partial charge is 0.504 e. The second-order valence-corrected chi connectivity index (χ2v) is 7.37. The molecule has 2 rings (SSSR count). The fourth-order valence-electron chi connectivity index (χ4n) is 1.68. The van der Waals surface area contributed by atoms with E-state index in [0.717, 1.165) is 6.26 Å². The molecule has 0 unspecified atom stereocenters. The SMILES string of the molecule is COc1cc(C=C(C#N)C(=O)Nc2nc(S(C)(=O)=O)ns2)ccc1O. The molecular weight excluding hydrogens is 368 g/mol. The number of hydrogen-bond donors (Lipinski definition) is 2. The average molecular weight is 380 g/mol. The number of anilines is 1. The Labute approximate surface area is 147 Å². The van der Waals surface area contributed by atoms with Gasteiger partial charge in [0.15, 0.2) is 11.5 Å². The van der Waals surface area contributed by atoms with Gasteiger partial charge in [-0.05, 0) is 23.8 Å². The molecule has 2 N–H and O–H groups in total. The van der Waals surface area contributed by atoms with Gasteiger partial charge in [0.05, 0.1) is 7.11 Å². The molecule has 2 aromatic rings. The number of aromatic hydroxyl groups is 1. The number of carbonyl (C=O) groups excluding carboxylic acids is 1. The summed E-state index contributed by atoms with van der Waals surface area (Å²) in [7, 11) is -2.21. The maximum absolute atomic E-state index is 12.1. The van der Waals surface area contributed by atoms with Crippen molar-refractivity contribution in [2.24, 2.45) is 0 Å². The van der Waals surface area contributed by atoms with E-state index in [-0.39, 0.29) is 22.2 Å². The summed E-state index contributed by atoms with van der Waals surface area (Å²) in [6.45, 7) is 0. The van der Waals surface area contributed by atoms with Crippen LogP contribution < -0.4 is 10.1 Å². The summed E-state index contributed by atoms with van der Waals surface area (Å²) in [6.07, 6.45) is 2.23. The third-order valence-corrected chi connectivity index (χ3v) is 4.43. The highest BCUT2D eigenvalue weighted by atomic mass is 32.2. The number of ether oxygens (including phenoxy) is 1. The van der Waals surface area contributed by atoms with Crippen LogP contribution >= 0.6 is 11.5 Å². The fraction of sp³-hybridized carbons (Fsp3) is 0.143. The first kappa shape index (κ1) is 18.4. The zero-order valence-electron chi connectivity index (χ0n) is 13.0. The van der Waals surface area contributed by atoms with Crippen LogP contribution in [0.15, 0.2) is 28.9 Å². The molecule has 0 bridgehead atoms. The van der Waals surface area contributed by atoms with Crippen LogP contribution in [0.25, 0.3) is 6.08 Å². The van der Waals surface area contributed by atoms with Crippen molar-refractivity contribution in [1.82, 2.24) is 9.36 Å². The topological polar surface area (TPSA) is 142 Å². The highest BCUT2D eigenvalue weighted by Gasteiger charge is 2.17. The number of nitriles is 1. The summed E-state index contributed by atoms with van der Waals surface area (Å²) in [5.41, 5.74) is 0.208. The van der Waals surface area contributed by atoms with Gasteiger partial charge < -0.3 is 9.84 Å². The standard InChI is InChI=1S/C14H12N4O5S2/c1-23-11-6-8(3-4-10(11)19)5-9(7-15)12(20)16-13-17-14(18-24-13)25(2,21)22/h3-6,19H,1-2H3,(H,16,17,18,20). The predicted molar refractivity (Wildman–Crippen MR) is 89.9 cm³/mol. The van der Waals surface area contributed by atoms with Crippen molar-refractivity contribution in [1.29, 1.82) is 5.26 Å². The molecule has 0 fully saturated rings. The molecule has 0 aliphatic carbocycles. The van der Waals surface area contributed by atoms with E-state index in [4.69, 9.17) is 10.00 Å². The molecule has 1 aromatic heterocycles. The van der Waals surface area contributed by atoms with Crippen LogP contribution in [-0.2, 0) is 14.6 Å². The lowest BCUT2D eigenvalue weighted by atomic mass is 10.1. The molecule has 0 spiro atoms. The van der Waals surface area contributed by atoms with Crippen molar-refractivity contribution in [3.63, 3.8) is 0 Å². The molecule has 25 heavy (non-hydrogen) atoms. The van der Waals surface area contributed by atoms with Crippen LogP contribution in [0.3, 0.4) is 0 Å². The Morgan fingerprint density at radius 2 is 2.20 bits per heavy atom. The third kappa shape index (κ3) is 4.52. The Hall–Kier alpha value is -2.97. The highest BCUT2D eigenvalue weighted by molar-refractivity contribution is 7.90. The van der Waals surface area contributed by atoms with E-state index in [0.29, 0.717) is 17.1 Å². The Morgan fingerprint density at radius 1 is 1.48 bits per heavy atom. The molecule has 0 saturated carbocycles. The van der Waals surface area contributed by atoms with Crippen LogP contribution in [0.4, 0.5) is 5.13 Å². The Balaban J connectivity index is 2.24. The maximum Gasteiger partial charge on any atom is 0.268 e. The molecule has 0 saturated heterocycles. The van der Waals surface area contributed by atoms with Gasteiger partial charge in [0.25, 0.3) is 11.1 Å². The minimum absolute atomic E-state index is 0.0464. The van der Waals surface area contributed by atoms with Crippen LogP contribution in [-0.4, -0.2) is 42.2 Å². The quantitative estimate of drug-likeness (QED) is 0.582. The first-order valence-corrected chi connectivity index (χ1v) is 9.25. The van der Waals surface area contributed by atoms with Gasteiger partial charge in [0.2, 0.25) is 15.0 Å². The number of nitrogens with one attached hydrogen (secondary N) is 1. The number of benzene rings is 1. The van der Waals surface area contributed by atoms with E-state index in [1.165, 1.54) is 31.4 Å². The number of sulfone groups is 1. The molecule has 11 heteroatoms. The lowest BCUT2D eigenvalue weighted by Gasteiger charge is -2.04. The van der Waals surface area contributed by atoms with Gasteiger partial charge in [-0.3, -0.25) is 10.1 Å². The number of carbonyl (C=O) groups is 1. The predicted octanol–water partition coefficient (Wildman–Crippen LogP) is 1.20. The summed E-state index contributed by atoms with van der Waals surface area (Å²) in [5.74, 6) is -0.663. The molecule has 0 aliphatic rings. The first-order valence-electron chi connectivity index (χ1n) is 6.58. The van der Waals surface area contributed by atoms with Gasteiger partial charge >= 0.3 is 0 Å². The highest BCUT2D eigenvalue weighted by Crippen LogP contribution is 2.27. The zero-order chi connectivity index (χ0) is 18.6. The number of hydrogen-bond acceptors (Lipinski definition) is 9. The number of nitrogens with zero attached hydrogens (tertiary/aromatic N) is 3. The van der Waals surface area contributed by atoms with Crippen LogP contribution in [0, 0.1) is 11.3 Å². The van der Waals surface area contributed by atoms with Gasteiger partial charge in [-0.25, -0.2) is 8.42 Å². The van der Waals surface area contributed by atoms with Gasteiger partial charge in [-0.15, -0.1) is 0 Å². The smallest absolute Gasteiger partial charge is 0.268 e. The number of amides is 1. The summed E-state index contributed by atoms with van der Waals surface area (Å²) in [4.78, 5) is 15.8. The number of methoxy groups -OCH3 is 1. The Bertz CT molecular complexity index is 989. The molecule has 130 valence electrons. The van der Waals surface area contributed by atoms with Crippen molar-refractivity contribution in [2.45, 2.75) is 5.16 Å². The number of rotatable bonds is 5. The van der Waals surface area contributed by atoms with E-state index in [1.54, 1.807) is 6.07 Å². The van der Waals surface area contributed by atoms with Gasteiger partial charge in [0.1, 0.15) is 11.6 Å². The summed E-state index contributed by atoms with van der Waals surface area (Å²) >= 11 is 0.685. The van der Waals surface area contributed by atoms with Crippen molar-refractivity contribution < 1.29 is 23.1 Å². The van der Waals surface area contributed by atoms with Crippen molar-refractivity contribution in [2.75, 3.05) is 18.7 Å². The van der Waals surface area contributed by atoms with E-state index in [2.05, 4.69) is 14.7 Å². The molecular formula is C14H12N4O5S2. The molecule has 1 heterocycles. The second kappa shape index (κ2) is 7.29. The van der Waals surface area contributed by atoms with E-state index in [1.807, 2.05) is 0 Å². The lowest BCUT2D eigenvalue weighted by Crippen LogP contribution is -2.13. The van der Waals surface area contributed by atoms with Gasteiger partial charge in [-0.2, -0.15) is 14.6 Å². The lowest BCUT2D eigenvalue weighted by molar-refractivity contribution is -0.112. The summed E-state index contributed by atoms with van der Waals surface area (Å²) in [6, 6.07) is 6.05. The van der Waals surface area contributed by atoms with E-state index >= 15 is 0 Å². The van der Waals surface area contributed by atoms with Crippen LogP contribution in [0.1, 0.15) is 5.56 Å². The fourth-order valence-corrected chi connectivity index (χ4v) is 3.11. The van der Waals surface area contributed by atoms with Crippen LogP contribution in [0.5, 0.6) is 11.5 Å². The third-order valence-electron chi connectivity index (χ3n) is 2.84. The minimum Gasteiger partial charge on any atom is -0.504 e. The normalized spacial score (nSPS) is 11.6. The molecule has 0 atom stereocenters. The Morgan fingerprint density at radius 3 is 2.76 bits per heavy atom. The monoisotopic (exact) mass is 380 g/mol. The second-order valence-electron chi connectivity index (χ2n) is 4.71. The molecule has 0 radical (unpaired) electrons. The average Bonchev–Trinajstić information content (AvgIpc) is 3.02. The van der Waals surface area contributed by atoms with Gasteiger partial charge in [-0.1, -0.05) is 6.07 Å². The van der Waals surface area contributed by atoms with Crippen LogP contribution in [0.2, 0.25) is 0 Å². The molecule has 0 aliphatic heterocycles. The zero-order valence-corrected chi connectivity index (χ0v) is 14.7. The van der Waals surface area contributed by atoms with Crippen molar-refractivity contribution >= 4 is 38.5 Å². The van der Waals surface area contributed by atoms with Crippen molar-refractivity contribution in [3.8, 4) is 17.6 Å².